The summed E-state index contributed by atoms with van der Waals surface area (Å²) in [6, 6.07) is 0. The molecular weight excluding hydrogens is 143 g/mol. The number of hydrogen-bond donors (Lipinski definition) is 3. The van der Waals surface area contributed by atoms with Gasteiger partial charge in [-0.3, -0.25) is 0 Å². The van der Waals surface area contributed by atoms with Crippen molar-refractivity contribution in [2.24, 2.45) is 0 Å². The summed E-state index contributed by atoms with van der Waals surface area (Å²) in [4.78, 5) is 21.6. The molecule has 9 heavy (non-hydrogen) atoms. The molecule has 0 bridgehead atoms. The first kappa shape index (κ1) is 11.4. The third-order valence-corrected chi connectivity index (χ3v) is 0.167. The van der Waals surface area contributed by atoms with Crippen LogP contribution in [0.2, 0.25) is 0 Å². The molecule has 0 heterocycles. The highest BCUT2D eigenvalue weighted by molar-refractivity contribution is 7.45. The lowest BCUT2D eigenvalue weighted by Gasteiger charge is -1.82. The summed E-state index contributed by atoms with van der Waals surface area (Å²) >= 11 is 0. The van der Waals surface area contributed by atoms with Crippen LogP contribution in [-0.4, -0.2) is 14.7 Å². The standard InChI is InChI=1S/C4H6.H3O4P/c1-3-4-2;1-5(2,3)4/h3-4H,1-2H2;(H3,1,2,3,4). The van der Waals surface area contributed by atoms with Crippen molar-refractivity contribution in [3.63, 3.8) is 0 Å². The van der Waals surface area contributed by atoms with Gasteiger partial charge in [-0.2, -0.15) is 0 Å². The van der Waals surface area contributed by atoms with Gasteiger partial charge in [-0.15, -0.1) is 0 Å². The van der Waals surface area contributed by atoms with E-state index in [-0.39, 0.29) is 0 Å². The lowest BCUT2D eigenvalue weighted by Crippen LogP contribution is -1.66. The maximum absolute atomic E-state index is 8.88. The smallest absolute Gasteiger partial charge is 0.303 e. The monoisotopic (exact) mass is 152 g/mol. The normalized spacial score (nSPS) is 8.78. The van der Waals surface area contributed by atoms with Crippen LogP contribution in [0.3, 0.4) is 0 Å². The van der Waals surface area contributed by atoms with Gasteiger partial charge in [0.25, 0.3) is 0 Å². The summed E-state index contributed by atoms with van der Waals surface area (Å²) in [6.45, 7) is 6.72. The molecule has 0 aromatic rings. The van der Waals surface area contributed by atoms with Gasteiger partial charge in [-0.25, -0.2) is 4.57 Å². The Bertz CT molecular complexity index is 110. The molecule has 4 nitrogen and oxygen atoms in total. The topological polar surface area (TPSA) is 77.8 Å². The first-order chi connectivity index (χ1) is 3.91. The van der Waals surface area contributed by atoms with Crippen LogP contribution in [0.1, 0.15) is 0 Å². The Kier molecular flexibility index (Phi) is 7.24. The Morgan fingerprint density at radius 2 is 1.22 bits per heavy atom. The number of hydrogen-bond acceptors (Lipinski definition) is 1. The van der Waals surface area contributed by atoms with Crippen LogP contribution >= 0.6 is 7.82 Å². The SMILES string of the molecule is C=CC=C.O=P(O)(O)O. The van der Waals surface area contributed by atoms with E-state index in [9.17, 15) is 0 Å². The Morgan fingerprint density at radius 3 is 1.22 bits per heavy atom. The van der Waals surface area contributed by atoms with E-state index >= 15 is 0 Å². The molecule has 0 spiro atoms. The van der Waals surface area contributed by atoms with Crippen molar-refractivity contribution in [3.05, 3.63) is 25.3 Å². The van der Waals surface area contributed by atoms with E-state index in [0.29, 0.717) is 0 Å². The largest absolute Gasteiger partial charge is 0.466 e. The zero-order chi connectivity index (χ0) is 7.91. The average Bonchev–Trinajstić information content (AvgIpc) is 1.61. The first-order valence-corrected chi connectivity index (χ1v) is 3.50. The third kappa shape index (κ3) is 681. The highest BCUT2D eigenvalue weighted by Crippen LogP contribution is 2.25. The maximum atomic E-state index is 8.88. The van der Waals surface area contributed by atoms with E-state index in [1.165, 1.54) is 0 Å². The molecule has 0 aromatic carbocycles. The van der Waals surface area contributed by atoms with Crippen molar-refractivity contribution >= 4 is 7.82 Å². The zero-order valence-corrected chi connectivity index (χ0v) is 5.66. The molecule has 0 aliphatic heterocycles. The third-order valence-electron chi connectivity index (χ3n) is 0.167. The molecule has 0 rings (SSSR count). The van der Waals surface area contributed by atoms with Gasteiger partial charge in [-0.05, 0) is 0 Å². The molecule has 0 aliphatic carbocycles. The van der Waals surface area contributed by atoms with Gasteiger partial charge < -0.3 is 14.7 Å². The van der Waals surface area contributed by atoms with Crippen molar-refractivity contribution in [2.45, 2.75) is 0 Å². The predicted molar refractivity (Wildman–Crippen MR) is 34.7 cm³/mol. The van der Waals surface area contributed by atoms with Crippen LogP contribution in [0.15, 0.2) is 25.3 Å². The van der Waals surface area contributed by atoms with Gasteiger partial charge in [-0.1, -0.05) is 25.3 Å². The fourth-order valence-electron chi connectivity index (χ4n) is 0. The molecule has 0 fully saturated rings. The van der Waals surface area contributed by atoms with Gasteiger partial charge in [0, 0.05) is 0 Å². The van der Waals surface area contributed by atoms with E-state index in [0.717, 1.165) is 0 Å². The van der Waals surface area contributed by atoms with Crippen LogP contribution in [-0.2, 0) is 4.57 Å². The van der Waals surface area contributed by atoms with Gasteiger partial charge in [0.15, 0.2) is 0 Å². The van der Waals surface area contributed by atoms with Gasteiger partial charge in [0.1, 0.15) is 0 Å². The predicted octanol–water partition coefficient (Wildman–Crippen LogP) is 0.430. The van der Waals surface area contributed by atoms with E-state index < -0.39 is 7.82 Å². The lowest BCUT2D eigenvalue weighted by atomic mass is 10.6. The molecule has 0 aromatic heterocycles. The van der Waals surface area contributed by atoms with Gasteiger partial charge in [0.05, 0.1) is 0 Å². The molecule has 0 unspecified atom stereocenters. The quantitative estimate of drug-likeness (QED) is 0.376. The van der Waals surface area contributed by atoms with E-state index in [2.05, 4.69) is 13.2 Å². The minimum Gasteiger partial charge on any atom is -0.303 e. The minimum absolute atomic E-state index is 1.64. The molecule has 0 aliphatic rings. The Balaban J connectivity index is 0. The van der Waals surface area contributed by atoms with E-state index in [1.807, 2.05) is 0 Å². The van der Waals surface area contributed by atoms with Crippen molar-refractivity contribution in [3.8, 4) is 0 Å². The molecule has 3 N–H and O–H groups in total. The summed E-state index contributed by atoms with van der Waals surface area (Å²) < 4.78 is 8.88. The lowest BCUT2D eigenvalue weighted by molar-refractivity contribution is 0.275. The number of rotatable bonds is 1. The van der Waals surface area contributed by atoms with Crippen LogP contribution in [0.25, 0.3) is 0 Å². The van der Waals surface area contributed by atoms with Crippen molar-refractivity contribution < 1.29 is 19.2 Å². The first-order valence-electron chi connectivity index (χ1n) is 1.93. The summed E-state index contributed by atoms with van der Waals surface area (Å²) in [7, 11) is -4.64. The van der Waals surface area contributed by atoms with Crippen molar-refractivity contribution in [1.29, 1.82) is 0 Å². The summed E-state index contributed by atoms with van der Waals surface area (Å²) in [5.74, 6) is 0. The minimum atomic E-state index is -4.64. The van der Waals surface area contributed by atoms with Crippen LogP contribution < -0.4 is 0 Å². The van der Waals surface area contributed by atoms with Gasteiger partial charge >= 0.3 is 7.82 Å². The Morgan fingerprint density at radius 1 is 1.11 bits per heavy atom. The van der Waals surface area contributed by atoms with Crippen LogP contribution in [0, 0.1) is 0 Å². The summed E-state index contributed by atoms with van der Waals surface area (Å²) in [5.41, 5.74) is 0. The molecule has 0 atom stereocenters. The number of allylic oxidation sites excluding steroid dienone is 2. The second kappa shape index (κ2) is 5.72. The molecular formula is C4H9O4P. The molecule has 0 radical (unpaired) electrons. The summed E-state index contributed by atoms with van der Waals surface area (Å²) in [5, 5.41) is 0. The summed E-state index contributed by atoms with van der Waals surface area (Å²) in [6.07, 6.45) is 3.28. The highest BCUT2D eigenvalue weighted by atomic mass is 31.2. The Hall–Kier alpha value is -0.410. The zero-order valence-electron chi connectivity index (χ0n) is 4.77. The van der Waals surface area contributed by atoms with E-state index in [1.54, 1.807) is 12.2 Å². The second-order valence-corrected chi connectivity index (χ2v) is 2.01. The maximum Gasteiger partial charge on any atom is 0.466 e. The molecule has 0 amide bonds. The van der Waals surface area contributed by atoms with Crippen LogP contribution in [0.5, 0.6) is 0 Å². The fraction of sp³-hybridized carbons (Fsp3) is 0. The fourth-order valence-corrected chi connectivity index (χ4v) is 0. The van der Waals surface area contributed by atoms with Gasteiger partial charge in [0.2, 0.25) is 0 Å². The second-order valence-electron chi connectivity index (χ2n) is 0.985. The molecule has 5 heteroatoms. The molecule has 0 saturated carbocycles. The molecule has 54 valence electrons. The Labute approximate surface area is 53.4 Å². The van der Waals surface area contributed by atoms with Crippen molar-refractivity contribution in [1.82, 2.24) is 0 Å². The highest BCUT2D eigenvalue weighted by Gasteiger charge is 2.00. The molecule has 0 saturated heterocycles. The van der Waals surface area contributed by atoms with Crippen LogP contribution in [0.4, 0.5) is 0 Å². The van der Waals surface area contributed by atoms with Crippen molar-refractivity contribution in [2.75, 3.05) is 0 Å². The van der Waals surface area contributed by atoms with E-state index in [4.69, 9.17) is 19.2 Å². The average molecular weight is 152 g/mol. The number of phosphoric acid groups is 1.